The minimum absolute atomic E-state index is 0.238. The van der Waals surface area contributed by atoms with Crippen molar-refractivity contribution in [1.29, 1.82) is 0 Å². The average Bonchev–Trinajstić information content (AvgIpc) is 2.72. The van der Waals surface area contributed by atoms with Crippen LogP contribution in [0.4, 0.5) is 5.82 Å². The molecule has 0 fully saturated rings. The number of methoxy groups -OCH3 is 1. The number of H-pyrrole nitrogens is 1. The minimum atomic E-state index is -0.541. The molecule has 1 aromatic carbocycles. The van der Waals surface area contributed by atoms with Gasteiger partial charge in [-0.15, -0.1) is 0 Å². The number of esters is 1. The van der Waals surface area contributed by atoms with Crippen LogP contribution >= 0.6 is 11.8 Å². The Balaban J connectivity index is 2.12. The van der Waals surface area contributed by atoms with Gasteiger partial charge in [0, 0.05) is 11.4 Å². The Morgan fingerprint density at radius 3 is 2.57 bits per heavy atom. The van der Waals surface area contributed by atoms with Crippen LogP contribution in [0, 0.1) is 0 Å². The largest absolute Gasteiger partial charge is 0.466 e. The molecule has 0 spiro atoms. The molecule has 1 aliphatic rings. The molecule has 0 amide bonds. The van der Waals surface area contributed by atoms with Gasteiger partial charge in [0.25, 0.3) is 5.56 Å². The molecule has 0 unspecified atom stereocenters. The van der Waals surface area contributed by atoms with Gasteiger partial charge in [-0.2, -0.15) is 0 Å². The van der Waals surface area contributed by atoms with Crippen molar-refractivity contribution in [3.05, 3.63) is 62.6 Å². The SMILES string of the molecule is CCCCSc1nc2c(c(=O)[nH]1)[C@H](c1ccc(C(C)C)cc1)C(C(=O)OC)=C(C)N2. The molecule has 2 heterocycles. The van der Waals surface area contributed by atoms with E-state index in [-0.39, 0.29) is 5.56 Å². The van der Waals surface area contributed by atoms with Crippen LogP contribution in [0.2, 0.25) is 0 Å². The Hall–Kier alpha value is -2.54. The molecule has 1 aromatic heterocycles. The highest BCUT2D eigenvalue weighted by Crippen LogP contribution is 2.40. The summed E-state index contributed by atoms with van der Waals surface area (Å²) in [4.78, 5) is 33.3. The zero-order chi connectivity index (χ0) is 21.8. The van der Waals surface area contributed by atoms with Crippen LogP contribution in [0.5, 0.6) is 0 Å². The number of aromatic nitrogens is 2. The van der Waals surface area contributed by atoms with Crippen LogP contribution in [0.15, 0.2) is 45.5 Å². The number of carbonyl (C=O) groups excluding carboxylic acids is 1. The van der Waals surface area contributed by atoms with E-state index in [0.717, 1.165) is 24.2 Å². The van der Waals surface area contributed by atoms with E-state index in [1.165, 1.54) is 24.4 Å². The van der Waals surface area contributed by atoms with Gasteiger partial charge in [0.2, 0.25) is 0 Å². The number of nitrogens with zero attached hydrogens (tertiary/aromatic N) is 1. The van der Waals surface area contributed by atoms with Crippen LogP contribution in [-0.4, -0.2) is 28.8 Å². The van der Waals surface area contributed by atoms with Gasteiger partial charge < -0.3 is 15.0 Å². The molecule has 0 saturated carbocycles. The second-order valence-electron chi connectivity index (χ2n) is 7.75. The van der Waals surface area contributed by atoms with E-state index in [9.17, 15) is 9.59 Å². The number of aromatic amines is 1. The lowest BCUT2D eigenvalue weighted by molar-refractivity contribution is -0.136. The Kier molecular flexibility index (Phi) is 7.02. The van der Waals surface area contributed by atoms with E-state index in [4.69, 9.17) is 4.74 Å². The highest BCUT2D eigenvalue weighted by molar-refractivity contribution is 7.99. The van der Waals surface area contributed by atoms with Gasteiger partial charge in [0.15, 0.2) is 5.16 Å². The Morgan fingerprint density at radius 1 is 1.27 bits per heavy atom. The summed E-state index contributed by atoms with van der Waals surface area (Å²) in [6.45, 7) is 8.20. The number of ether oxygens (including phenoxy) is 1. The quantitative estimate of drug-likeness (QED) is 0.286. The van der Waals surface area contributed by atoms with Gasteiger partial charge in [-0.1, -0.05) is 63.2 Å². The van der Waals surface area contributed by atoms with Crippen LogP contribution in [0.3, 0.4) is 0 Å². The molecule has 160 valence electrons. The number of carbonyl (C=O) groups is 1. The number of benzene rings is 1. The van der Waals surface area contributed by atoms with Gasteiger partial charge in [-0.05, 0) is 30.4 Å². The molecule has 1 aliphatic heterocycles. The molecule has 0 aliphatic carbocycles. The maximum atomic E-state index is 13.1. The van der Waals surface area contributed by atoms with Gasteiger partial charge in [0.1, 0.15) is 5.82 Å². The lowest BCUT2D eigenvalue weighted by Gasteiger charge is -2.28. The molecule has 7 heteroatoms. The molecular formula is C23H29N3O3S. The normalized spacial score (nSPS) is 15.7. The molecule has 3 rings (SSSR count). The molecule has 1 atom stereocenters. The summed E-state index contributed by atoms with van der Waals surface area (Å²) < 4.78 is 5.04. The molecule has 0 saturated heterocycles. The van der Waals surface area contributed by atoms with Crippen molar-refractivity contribution in [2.75, 3.05) is 18.2 Å². The maximum Gasteiger partial charge on any atom is 0.336 e. The molecule has 2 N–H and O–H groups in total. The fourth-order valence-corrected chi connectivity index (χ4v) is 4.55. The van der Waals surface area contributed by atoms with Crippen LogP contribution in [-0.2, 0) is 9.53 Å². The van der Waals surface area contributed by atoms with E-state index >= 15 is 0 Å². The number of unbranched alkanes of at least 4 members (excludes halogenated alkanes) is 1. The summed E-state index contributed by atoms with van der Waals surface area (Å²) in [5.74, 6) is 0.788. The summed E-state index contributed by atoms with van der Waals surface area (Å²) >= 11 is 1.53. The van der Waals surface area contributed by atoms with Crippen molar-refractivity contribution >= 4 is 23.5 Å². The van der Waals surface area contributed by atoms with E-state index < -0.39 is 11.9 Å². The predicted molar refractivity (Wildman–Crippen MR) is 121 cm³/mol. The fraction of sp³-hybridized carbons (Fsp3) is 0.435. The predicted octanol–water partition coefficient (Wildman–Crippen LogP) is 4.79. The van der Waals surface area contributed by atoms with Gasteiger partial charge in [-0.3, -0.25) is 4.79 Å². The Labute approximate surface area is 181 Å². The first-order chi connectivity index (χ1) is 14.4. The number of thioether (sulfide) groups is 1. The summed E-state index contributed by atoms with van der Waals surface area (Å²) in [6.07, 6.45) is 2.13. The first-order valence-corrected chi connectivity index (χ1v) is 11.3. The minimum Gasteiger partial charge on any atom is -0.466 e. The first kappa shape index (κ1) is 22.2. The van der Waals surface area contributed by atoms with Crippen LogP contribution in [0.25, 0.3) is 0 Å². The number of allylic oxidation sites excluding steroid dienone is 1. The molecule has 2 aromatic rings. The van der Waals surface area contributed by atoms with Crippen LogP contribution in [0.1, 0.15) is 69.1 Å². The highest BCUT2D eigenvalue weighted by Gasteiger charge is 2.36. The standard InChI is InChI=1S/C23H29N3O3S/c1-6-7-12-30-23-25-20-19(21(27)26-23)18(17(14(4)24-20)22(28)29-5)16-10-8-15(9-11-16)13(2)3/h8-11,13,18H,6-7,12H2,1-5H3,(H2,24,25,26,27)/t18-/m1/s1. The molecule has 6 nitrogen and oxygen atoms in total. The second kappa shape index (κ2) is 9.51. The van der Waals surface area contributed by atoms with Crippen molar-refractivity contribution in [2.24, 2.45) is 0 Å². The molecule has 30 heavy (non-hydrogen) atoms. The number of fused-ring (bicyclic) bond motifs is 1. The first-order valence-electron chi connectivity index (χ1n) is 10.3. The van der Waals surface area contributed by atoms with Gasteiger partial charge >= 0.3 is 5.97 Å². The van der Waals surface area contributed by atoms with Crippen molar-refractivity contribution in [3.8, 4) is 0 Å². The van der Waals surface area contributed by atoms with Crippen molar-refractivity contribution in [2.45, 2.75) is 57.5 Å². The summed E-state index contributed by atoms with van der Waals surface area (Å²) in [5.41, 5.74) is 3.34. The van der Waals surface area contributed by atoms with E-state index in [2.05, 4.69) is 36.1 Å². The third-order valence-electron chi connectivity index (χ3n) is 5.30. The molecule has 0 radical (unpaired) electrons. The maximum absolute atomic E-state index is 13.1. The number of anilines is 1. The van der Waals surface area contributed by atoms with E-state index in [1.54, 1.807) is 0 Å². The number of hydrogen-bond acceptors (Lipinski definition) is 6. The van der Waals surface area contributed by atoms with Gasteiger partial charge in [0.05, 0.1) is 24.2 Å². The monoisotopic (exact) mass is 427 g/mol. The van der Waals surface area contributed by atoms with Crippen molar-refractivity contribution in [3.63, 3.8) is 0 Å². The zero-order valence-corrected chi connectivity index (χ0v) is 19.0. The fourth-order valence-electron chi connectivity index (χ4n) is 3.60. The van der Waals surface area contributed by atoms with Crippen LogP contribution < -0.4 is 10.9 Å². The summed E-state index contributed by atoms with van der Waals surface area (Å²) in [6, 6.07) is 8.05. The smallest absolute Gasteiger partial charge is 0.336 e. The van der Waals surface area contributed by atoms with Crippen molar-refractivity contribution in [1.82, 2.24) is 9.97 Å². The second-order valence-corrected chi connectivity index (χ2v) is 8.83. The third-order valence-corrected chi connectivity index (χ3v) is 6.26. The molecular weight excluding hydrogens is 398 g/mol. The summed E-state index contributed by atoms with van der Waals surface area (Å²) in [5, 5.41) is 3.75. The highest BCUT2D eigenvalue weighted by atomic mass is 32.2. The lowest BCUT2D eigenvalue weighted by atomic mass is 9.82. The van der Waals surface area contributed by atoms with Gasteiger partial charge in [-0.25, -0.2) is 9.78 Å². The van der Waals surface area contributed by atoms with E-state index in [1.807, 2.05) is 31.2 Å². The zero-order valence-electron chi connectivity index (χ0n) is 18.2. The van der Waals surface area contributed by atoms with E-state index in [0.29, 0.717) is 33.7 Å². The lowest BCUT2D eigenvalue weighted by Crippen LogP contribution is -2.31. The third kappa shape index (κ3) is 4.46. The number of nitrogens with one attached hydrogen (secondary N) is 2. The Morgan fingerprint density at radius 2 is 1.97 bits per heavy atom. The average molecular weight is 428 g/mol. The van der Waals surface area contributed by atoms with Crippen molar-refractivity contribution < 1.29 is 9.53 Å². The Bertz CT molecular complexity index is 1010. The summed E-state index contributed by atoms with van der Waals surface area (Å²) in [7, 11) is 1.35. The topological polar surface area (TPSA) is 84.1 Å². The number of hydrogen-bond donors (Lipinski definition) is 2. The molecule has 0 bridgehead atoms. The number of rotatable bonds is 7.